The molecule has 0 radical (unpaired) electrons. The molecule has 0 unspecified atom stereocenters. The summed E-state index contributed by atoms with van der Waals surface area (Å²) in [6.45, 7) is 5.81. The predicted molar refractivity (Wildman–Crippen MR) is 154 cm³/mol. The third kappa shape index (κ3) is 8.25. The zero-order valence-electron chi connectivity index (χ0n) is 22.8. The van der Waals surface area contributed by atoms with E-state index in [9.17, 15) is 14.4 Å². The summed E-state index contributed by atoms with van der Waals surface area (Å²) >= 11 is 0. The predicted octanol–water partition coefficient (Wildman–Crippen LogP) is 1.47. The smallest absolute Gasteiger partial charge is 0.338 e. The summed E-state index contributed by atoms with van der Waals surface area (Å²) in [5.41, 5.74) is 12.4. The molecule has 3 amide bonds. The molecule has 1 saturated carbocycles. The Bertz CT molecular complexity index is 1160. The molecule has 0 spiro atoms. The van der Waals surface area contributed by atoms with Gasteiger partial charge in [-0.05, 0) is 76.3 Å². The van der Waals surface area contributed by atoms with Crippen LogP contribution in [0.4, 0.5) is 10.6 Å². The first kappa shape index (κ1) is 30.6. The Morgan fingerprint density at radius 3 is 2.21 bits per heavy atom. The average Bonchev–Trinajstić information content (AvgIpc) is 2.89. The molecule has 6 N–H and O–H groups in total. The second-order valence-corrected chi connectivity index (χ2v) is 10.9. The van der Waals surface area contributed by atoms with Crippen molar-refractivity contribution in [3.05, 3.63) is 52.6 Å². The number of nitrogens with one attached hydrogen (secondary N) is 2. The molecule has 4 rings (SSSR count). The van der Waals surface area contributed by atoms with Crippen molar-refractivity contribution >= 4 is 30.2 Å². The number of anilines is 1. The summed E-state index contributed by atoms with van der Waals surface area (Å²) in [6, 6.07) is 9.99. The lowest BCUT2D eigenvalue weighted by Crippen LogP contribution is -2.58. The van der Waals surface area contributed by atoms with Crippen molar-refractivity contribution in [2.24, 2.45) is 11.5 Å². The molecule has 1 aromatic carbocycles. The standard InChI is InChI=1S/C27H40N8O3.ClH/c1-27(2,29)24(36)33-15-17-34(18-16-33)25(37)31-23-12-14-35(26(38)32-23)22-9-3-19(4-10-22)11-13-30-21-7-5-20(28)6-8-21;/h3-4,9-10,12,14,20-21,30H,5-8,11,13,15-18,28-29H2,1-2H3,(H,31,32,37,38);1H. The third-order valence-corrected chi connectivity index (χ3v) is 7.28. The number of benzene rings is 1. The van der Waals surface area contributed by atoms with Crippen LogP contribution in [0.25, 0.3) is 5.69 Å². The average molecular weight is 561 g/mol. The Morgan fingerprint density at radius 2 is 1.62 bits per heavy atom. The van der Waals surface area contributed by atoms with Gasteiger partial charge in [-0.25, -0.2) is 9.59 Å². The number of hydrogen-bond acceptors (Lipinski definition) is 7. The molecular formula is C27H41ClN8O3. The molecule has 39 heavy (non-hydrogen) atoms. The number of nitrogens with zero attached hydrogens (tertiary/aromatic N) is 4. The number of hydrogen-bond donors (Lipinski definition) is 4. The Labute approximate surface area is 235 Å². The van der Waals surface area contributed by atoms with Crippen LogP contribution in [0.2, 0.25) is 0 Å². The topological polar surface area (TPSA) is 152 Å². The second-order valence-electron chi connectivity index (χ2n) is 10.9. The van der Waals surface area contributed by atoms with Crippen molar-refractivity contribution < 1.29 is 9.59 Å². The van der Waals surface area contributed by atoms with Gasteiger partial charge in [-0.15, -0.1) is 12.4 Å². The summed E-state index contributed by atoms with van der Waals surface area (Å²) in [6.07, 6.45) is 6.96. The molecule has 0 atom stereocenters. The van der Waals surface area contributed by atoms with Gasteiger partial charge in [0.1, 0.15) is 5.82 Å². The lowest BCUT2D eigenvalue weighted by Gasteiger charge is -2.37. The van der Waals surface area contributed by atoms with Crippen LogP contribution in [0.1, 0.15) is 45.1 Å². The number of nitrogens with two attached hydrogens (primary N) is 2. The van der Waals surface area contributed by atoms with E-state index in [1.165, 1.54) is 10.1 Å². The van der Waals surface area contributed by atoms with Crippen LogP contribution in [-0.4, -0.2) is 81.6 Å². The van der Waals surface area contributed by atoms with Crippen molar-refractivity contribution in [3.8, 4) is 5.69 Å². The van der Waals surface area contributed by atoms with Gasteiger partial charge in [0.2, 0.25) is 5.91 Å². The third-order valence-electron chi connectivity index (χ3n) is 7.28. The van der Waals surface area contributed by atoms with Gasteiger partial charge < -0.3 is 26.6 Å². The first-order valence-electron chi connectivity index (χ1n) is 13.4. The minimum Gasteiger partial charge on any atom is -0.338 e. The highest BCUT2D eigenvalue weighted by molar-refractivity contribution is 5.89. The van der Waals surface area contributed by atoms with E-state index >= 15 is 0 Å². The molecule has 2 aromatic rings. The van der Waals surface area contributed by atoms with Crippen LogP contribution in [-0.2, 0) is 11.2 Å². The van der Waals surface area contributed by atoms with Crippen LogP contribution in [0, 0.1) is 0 Å². The normalized spacial score (nSPS) is 19.8. The van der Waals surface area contributed by atoms with E-state index in [0.29, 0.717) is 44.0 Å². The zero-order valence-corrected chi connectivity index (χ0v) is 23.6. The number of urea groups is 1. The molecule has 11 nitrogen and oxygen atoms in total. The first-order chi connectivity index (χ1) is 18.1. The van der Waals surface area contributed by atoms with Crippen LogP contribution in [0.5, 0.6) is 0 Å². The minimum atomic E-state index is -0.945. The number of rotatable bonds is 7. The summed E-state index contributed by atoms with van der Waals surface area (Å²) in [4.78, 5) is 45.0. The maximum Gasteiger partial charge on any atom is 0.354 e. The van der Waals surface area contributed by atoms with Crippen molar-refractivity contribution in [1.29, 1.82) is 0 Å². The molecular weight excluding hydrogens is 520 g/mol. The fourth-order valence-corrected chi connectivity index (χ4v) is 4.95. The Balaban J connectivity index is 0.00000420. The Morgan fingerprint density at radius 1 is 1.00 bits per heavy atom. The Hall–Kier alpha value is -2.99. The quantitative estimate of drug-likeness (QED) is 0.400. The molecule has 12 heteroatoms. The summed E-state index contributed by atoms with van der Waals surface area (Å²) < 4.78 is 1.45. The van der Waals surface area contributed by atoms with E-state index in [4.69, 9.17) is 11.5 Å². The van der Waals surface area contributed by atoms with Gasteiger partial charge in [0, 0.05) is 44.5 Å². The van der Waals surface area contributed by atoms with Crippen LogP contribution in [0.3, 0.4) is 0 Å². The highest BCUT2D eigenvalue weighted by Crippen LogP contribution is 2.17. The van der Waals surface area contributed by atoms with Gasteiger partial charge in [0.05, 0.1) is 11.2 Å². The number of carbonyl (C=O) groups is 2. The van der Waals surface area contributed by atoms with Gasteiger partial charge in [-0.3, -0.25) is 14.7 Å². The Kier molecular flexibility index (Phi) is 10.5. The van der Waals surface area contributed by atoms with E-state index in [2.05, 4.69) is 15.6 Å². The van der Waals surface area contributed by atoms with Gasteiger partial charge >= 0.3 is 11.7 Å². The minimum absolute atomic E-state index is 0. The van der Waals surface area contributed by atoms with Gasteiger partial charge in [-0.1, -0.05) is 12.1 Å². The highest BCUT2D eigenvalue weighted by atomic mass is 35.5. The summed E-state index contributed by atoms with van der Waals surface area (Å²) in [5.74, 6) is 0.0433. The van der Waals surface area contributed by atoms with E-state index < -0.39 is 11.2 Å². The molecule has 214 valence electrons. The van der Waals surface area contributed by atoms with Crippen LogP contribution < -0.4 is 27.8 Å². The second kappa shape index (κ2) is 13.4. The molecule has 0 bridgehead atoms. The van der Waals surface area contributed by atoms with Gasteiger partial charge in [-0.2, -0.15) is 4.98 Å². The fraction of sp³-hybridized carbons (Fsp3) is 0.556. The van der Waals surface area contributed by atoms with Crippen molar-refractivity contribution in [2.75, 3.05) is 38.0 Å². The SMILES string of the molecule is CC(C)(N)C(=O)N1CCN(C(=O)Nc2ccn(-c3ccc(CCNC4CCC(N)CC4)cc3)c(=O)n2)CC1.Cl. The van der Waals surface area contributed by atoms with E-state index in [0.717, 1.165) is 38.6 Å². The van der Waals surface area contributed by atoms with Gasteiger partial charge in [0.25, 0.3) is 0 Å². The largest absolute Gasteiger partial charge is 0.354 e. The van der Waals surface area contributed by atoms with Crippen molar-refractivity contribution in [3.63, 3.8) is 0 Å². The number of halogens is 1. The molecule has 1 aromatic heterocycles. The first-order valence-corrected chi connectivity index (χ1v) is 13.4. The molecule has 1 aliphatic heterocycles. The summed E-state index contributed by atoms with van der Waals surface area (Å²) in [5, 5.41) is 6.31. The lowest BCUT2D eigenvalue weighted by atomic mass is 9.92. The van der Waals surface area contributed by atoms with E-state index in [1.54, 1.807) is 35.9 Å². The molecule has 1 aliphatic carbocycles. The molecule has 1 saturated heterocycles. The van der Waals surface area contributed by atoms with Gasteiger partial charge in [0.15, 0.2) is 0 Å². The number of amides is 3. The molecule has 2 aliphatic rings. The number of aromatic nitrogens is 2. The van der Waals surface area contributed by atoms with Crippen LogP contribution in [0.15, 0.2) is 41.3 Å². The monoisotopic (exact) mass is 560 g/mol. The van der Waals surface area contributed by atoms with Crippen molar-refractivity contribution in [2.45, 2.75) is 63.6 Å². The fourth-order valence-electron chi connectivity index (χ4n) is 4.95. The molecule has 2 fully saturated rings. The lowest BCUT2D eigenvalue weighted by molar-refractivity contribution is -0.137. The van der Waals surface area contributed by atoms with Crippen LogP contribution >= 0.6 is 12.4 Å². The highest BCUT2D eigenvalue weighted by Gasteiger charge is 2.31. The summed E-state index contributed by atoms with van der Waals surface area (Å²) in [7, 11) is 0. The van der Waals surface area contributed by atoms with Crippen molar-refractivity contribution in [1.82, 2.24) is 24.7 Å². The molecule has 2 heterocycles. The zero-order chi connectivity index (χ0) is 27.3. The maximum absolute atomic E-state index is 12.7. The maximum atomic E-state index is 12.7. The number of piperazine rings is 1. The van der Waals surface area contributed by atoms with E-state index in [1.807, 2.05) is 24.3 Å². The number of carbonyl (C=O) groups excluding carboxylic acids is 2. The van der Waals surface area contributed by atoms with E-state index in [-0.39, 0.29) is 30.2 Å².